The Kier molecular flexibility index (Phi) is 39.6. The molecule has 0 aromatic heterocycles. The first-order valence-corrected chi connectivity index (χ1v) is 25.8. The van der Waals surface area contributed by atoms with Crippen LogP contribution in [0, 0.1) is 0 Å². The fourth-order valence-corrected chi connectivity index (χ4v) is 8.18. The van der Waals surface area contributed by atoms with Gasteiger partial charge in [-0.05, 0) is 12.8 Å². The van der Waals surface area contributed by atoms with Gasteiger partial charge in [-0.3, -0.25) is 9.36 Å². The van der Waals surface area contributed by atoms with E-state index in [-0.39, 0.29) is 19.1 Å². The molecule has 0 aliphatic rings. The van der Waals surface area contributed by atoms with Gasteiger partial charge >= 0.3 is 0 Å². The third-order valence-electron chi connectivity index (χ3n) is 11.3. The molecule has 9 heteroatoms. The summed E-state index contributed by atoms with van der Waals surface area (Å²) in [5, 5.41) is 13.9. The van der Waals surface area contributed by atoms with E-state index < -0.39 is 20.0 Å². The molecule has 3 unspecified atom stereocenters. The Morgan fingerprint density at radius 3 is 1.21 bits per heavy atom. The van der Waals surface area contributed by atoms with Crippen LogP contribution in [-0.2, 0) is 18.4 Å². The van der Waals surface area contributed by atoms with E-state index in [1.807, 2.05) is 21.1 Å². The summed E-state index contributed by atoms with van der Waals surface area (Å²) in [6, 6.07) is -0.793. The van der Waals surface area contributed by atoms with E-state index in [1.54, 1.807) is 0 Å². The molecule has 0 saturated carbocycles. The van der Waals surface area contributed by atoms with Crippen LogP contribution < -0.4 is 10.2 Å². The number of amides is 1. The molecule has 0 radical (unpaired) electrons. The highest BCUT2D eigenvalue weighted by molar-refractivity contribution is 7.45. The van der Waals surface area contributed by atoms with Crippen molar-refractivity contribution < 1.29 is 32.9 Å². The quantitative estimate of drug-likeness (QED) is 0.0360. The number of aliphatic hydroxyl groups excluding tert-OH is 1. The molecule has 8 nitrogen and oxygen atoms in total. The van der Waals surface area contributed by atoms with Gasteiger partial charge in [-0.15, -0.1) is 0 Å². The minimum atomic E-state index is -4.56. The Morgan fingerprint density at radius 2 is 0.875 bits per heavy atom. The van der Waals surface area contributed by atoms with Crippen LogP contribution >= 0.6 is 7.82 Å². The number of nitrogens with zero attached hydrogens (tertiary/aromatic N) is 1. The minimum Gasteiger partial charge on any atom is -0.756 e. The van der Waals surface area contributed by atoms with Crippen LogP contribution in [0.4, 0.5) is 0 Å². The molecular weight excluding hydrogens is 719 g/mol. The average Bonchev–Trinajstić information content (AvgIpc) is 3.15. The van der Waals surface area contributed by atoms with Crippen LogP contribution in [0.1, 0.15) is 245 Å². The number of hydrogen-bond acceptors (Lipinski definition) is 6. The topological polar surface area (TPSA) is 108 Å². The van der Waals surface area contributed by atoms with E-state index >= 15 is 0 Å². The van der Waals surface area contributed by atoms with Crippen molar-refractivity contribution in [3.05, 3.63) is 0 Å². The molecule has 1 amide bonds. The van der Waals surface area contributed by atoms with Crippen LogP contribution in [0.25, 0.3) is 0 Å². The number of phosphoric ester groups is 1. The maximum Gasteiger partial charge on any atom is 0.268 e. The van der Waals surface area contributed by atoms with E-state index in [2.05, 4.69) is 19.2 Å². The maximum atomic E-state index is 12.9. The summed E-state index contributed by atoms with van der Waals surface area (Å²) in [6.45, 7) is 4.75. The second-order valence-corrected chi connectivity index (χ2v) is 19.6. The number of hydrogen-bond donors (Lipinski definition) is 2. The summed E-state index contributed by atoms with van der Waals surface area (Å²) in [7, 11) is 1.32. The molecule has 0 aliphatic carbocycles. The number of phosphoric acid groups is 1. The van der Waals surface area contributed by atoms with Gasteiger partial charge in [0.1, 0.15) is 13.2 Å². The number of unbranched alkanes of at least 4 members (excludes halogenated alkanes) is 32. The third kappa shape index (κ3) is 41.7. The van der Waals surface area contributed by atoms with Crippen LogP contribution in [0.3, 0.4) is 0 Å². The first-order valence-electron chi connectivity index (χ1n) is 24.4. The predicted octanol–water partition coefficient (Wildman–Crippen LogP) is 13.1. The Morgan fingerprint density at radius 1 is 0.554 bits per heavy atom. The highest BCUT2D eigenvalue weighted by Gasteiger charge is 2.24. The van der Waals surface area contributed by atoms with Gasteiger partial charge in [0.2, 0.25) is 5.91 Å². The normalized spacial score (nSPS) is 14.2. The Labute approximate surface area is 349 Å². The highest BCUT2D eigenvalue weighted by atomic mass is 31.2. The Bertz CT molecular complexity index is 885. The minimum absolute atomic E-state index is 0.0163. The van der Waals surface area contributed by atoms with Gasteiger partial charge in [-0.25, -0.2) is 0 Å². The lowest BCUT2D eigenvalue weighted by Gasteiger charge is -2.30. The van der Waals surface area contributed by atoms with Gasteiger partial charge in [0.05, 0.1) is 39.9 Å². The zero-order valence-electron chi connectivity index (χ0n) is 38.1. The fourth-order valence-electron chi connectivity index (χ4n) is 7.45. The Hall–Kier alpha value is -0.500. The largest absolute Gasteiger partial charge is 0.756 e. The lowest BCUT2D eigenvalue weighted by molar-refractivity contribution is -0.870. The molecule has 0 saturated heterocycles. The van der Waals surface area contributed by atoms with E-state index in [1.165, 1.54) is 180 Å². The van der Waals surface area contributed by atoms with Crippen molar-refractivity contribution in [1.82, 2.24) is 5.32 Å². The van der Waals surface area contributed by atoms with Crippen molar-refractivity contribution in [2.45, 2.75) is 257 Å². The average molecular weight is 817 g/mol. The van der Waals surface area contributed by atoms with Crippen molar-refractivity contribution in [3.63, 3.8) is 0 Å². The van der Waals surface area contributed by atoms with E-state index in [9.17, 15) is 19.4 Å². The van der Waals surface area contributed by atoms with Crippen LogP contribution in [0.5, 0.6) is 0 Å². The molecule has 0 bridgehead atoms. The SMILES string of the molecule is CCCCCCCCCCCCCCCCCCCCCC(=O)NC(COP(=O)([O-])OCC[N+](C)(C)C)C(O)CCCCCCCCCCCCCCCCC. The molecule has 0 fully saturated rings. The number of carbonyl (C=O) groups excluding carboxylic acids is 1. The van der Waals surface area contributed by atoms with Crippen molar-refractivity contribution in [1.29, 1.82) is 0 Å². The fraction of sp³-hybridized carbons (Fsp3) is 0.979. The van der Waals surface area contributed by atoms with Gasteiger partial charge < -0.3 is 28.8 Å². The summed E-state index contributed by atoms with van der Waals surface area (Å²) in [5.74, 6) is -0.159. The molecule has 2 N–H and O–H groups in total. The smallest absolute Gasteiger partial charge is 0.268 e. The van der Waals surface area contributed by atoms with Crippen LogP contribution in [-0.4, -0.2) is 68.5 Å². The van der Waals surface area contributed by atoms with Crippen molar-refractivity contribution >= 4 is 13.7 Å². The molecule has 0 aliphatic heterocycles. The first-order chi connectivity index (χ1) is 27.0. The van der Waals surface area contributed by atoms with Crippen molar-refractivity contribution in [2.24, 2.45) is 0 Å². The van der Waals surface area contributed by atoms with E-state index in [4.69, 9.17) is 9.05 Å². The molecule has 336 valence electrons. The summed E-state index contributed by atoms with van der Waals surface area (Å²) in [4.78, 5) is 25.4. The van der Waals surface area contributed by atoms with Gasteiger partial charge in [0, 0.05) is 6.42 Å². The van der Waals surface area contributed by atoms with Crippen molar-refractivity contribution in [2.75, 3.05) is 40.9 Å². The number of carbonyl (C=O) groups is 1. The van der Waals surface area contributed by atoms with E-state index in [0.717, 1.165) is 38.5 Å². The monoisotopic (exact) mass is 817 g/mol. The molecule has 56 heavy (non-hydrogen) atoms. The van der Waals surface area contributed by atoms with Crippen molar-refractivity contribution in [3.8, 4) is 0 Å². The molecule has 0 spiro atoms. The summed E-state index contributed by atoms with van der Waals surface area (Å²) in [5.41, 5.74) is 0. The number of rotatable bonds is 45. The van der Waals surface area contributed by atoms with Gasteiger partial charge in [-0.1, -0.05) is 226 Å². The maximum absolute atomic E-state index is 12.9. The van der Waals surface area contributed by atoms with Crippen LogP contribution in [0.15, 0.2) is 0 Å². The second kappa shape index (κ2) is 39.9. The number of nitrogens with one attached hydrogen (secondary N) is 1. The standard InChI is InChI=1S/C47H97N2O6P/c1-6-8-10-12-14-16-18-20-22-23-24-25-27-29-31-33-35-37-39-41-47(51)48-45(44-55-56(52,53)54-43-42-49(3,4)5)46(50)40-38-36-34-32-30-28-26-21-19-17-15-13-11-9-7-2/h45-46,50H,6-44H2,1-5H3,(H-,48,51,52,53). The summed E-state index contributed by atoms with van der Waals surface area (Å²) >= 11 is 0. The van der Waals surface area contributed by atoms with E-state index in [0.29, 0.717) is 23.9 Å². The second-order valence-electron chi connectivity index (χ2n) is 18.2. The molecule has 0 rings (SSSR count). The van der Waals surface area contributed by atoms with Gasteiger partial charge in [0.25, 0.3) is 7.82 Å². The molecule has 3 atom stereocenters. The zero-order valence-corrected chi connectivity index (χ0v) is 39.0. The molecule has 0 heterocycles. The lowest BCUT2D eigenvalue weighted by Crippen LogP contribution is -2.46. The Balaban J connectivity index is 4.25. The van der Waals surface area contributed by atoms with Gasteiger partial charge in [0.15, 0.2) is 0 Å². The highest BCUT2D eigenvalue weighted by Crippen LogP contribution is 2.38. The summed E-state index contributed by atoms with van der Waals surface area (Å²) in [6.07, 6.45) is 43.9. The van der Waals surface area contributed by atoms with Gasteiger partial charge in [-0.2, -0.15) is 0 Å². The lowest BCUT2D eigenvalue weighted by atomic mass is 10.0. The molecule has 0 aromatic rings. The first kappa shape index (κ1) is 55.5. The number of aliphatic hydroxyl groups is 1. The predicted molar refractivity (Wildman–Crippen MR) is 238 cm³/mol. The third-order valence-corrected chi connectivity index (χ3v) is 12.3. The molecule has 0 aromatic carbocycles. The zero-order chi connectivity index (χ0) is 41.4. The number of quaternary nitrogens is 1. The number of likely N-dealkylation sites (N-methyl/N-ethyl adjacent to an activating group) is 1. The summed E-state index contributed by atoms with van der Waals surface area (Å²) < 4.78 is 23.3. The van der Waals surface area contributed by atoms with Crippen LogP contribution in [0.2, 0.25) is 0 Å². The molecular formula is C47H97N2O6P.